The van der Waals surface area contributed by atoms with Crippen LogP contribution in [0.25, 0.3) is 0 Å². The number of hydrogen-bond acceptors (Lipinski definition) is 3. The molecule has 0 aromatic rings. The molecular formula is C26H59ClNO3Si+. The van der Waals surface area contributed by atoms with Crippen LogP contribution in [0.1, 0.15) is 123 Å². The van der Waals surface area contributed by atoms with Crippen molar-refractivity contribution < 1.29 is 17.8 Å². The highest BCUT2D eigenvalue weighted by Gasteiger charge is 2.35. The lowest BCUT2D eigenvalue weighted by Gasteiger charge is -2.29. The normalized spacial score (nSPS) is 12.0. The topological polar surface area (TPSA) is 27.7 Å². The molecule has 0 N–H and O–H groups in total. The van der Waals surface area contributed by atoms with Crippen LogP contribution in [0.3, 0.4) is 0 Å². The Hall–Kier alpha value is 0.347. The Morgan fingerprint density at radius 3 is 1.06 bits per heavy atom. The van der Waals surface area contributed by atoms with E-state index in [-0.39, 0.29) is 0 Å². The molecule has 196 valence electrons. The van der Waals surface area contributed by atoms with Crippen LogP contribution in [0.4, 0.5) is 0 Å². The summed E-state index contributed by atoms with van der Waals surface area (Å²) in [7, 11) is 6.42. The van der Waals surface area contributed by atoms with Crippen molar-refractivity contribution in [2.75, 3.05) is 48.5 Å². The molecule has 0 amide bonds. The molecule has 0 saturated heterocycles. The Morgan fingerprint density at radius 1 is 0.500 bits per heavy atom. The van der Waals surface area contributed by atoms with Gasteiger partial charge < -0.3 is 17.8 Å². The molecule has 0 unspecified atom stereocenters. The highest BCUT2D eigenvalue weighted by atomic mass is 35.6. The summed E-state index contributed by atoms with van der Waals surface area (Å²) in [5.74, 6) is 0. The molecule has 0 fully saturated rings. The predicted octanol–water partition coefficient (Wildman–Crippen LogP) is 8.33. The van der Waals surface area contributed by atoms with E-state index in [9.17, 15) is 0 Å². The predicted molar refractivity (Wildman–Crippen MR) is 144 cm³/mol. The van der Waals surface area contributed by atoms with Gasteiger partial charge in [0.1, 0.15) is 0 Å². The lowest BCUT2D eigenvalue weighted by Crippen LogP contribution is -2.40. The van der Waals surface area contributed by atoms with Gasteiger partial charge in [-0.3, -0.25) is 0 Å². The molecule has 0 radical (unpaired) electrons. The van der Waals surface area contributed by atoms with Crippen molar-refractivity contribution in [2.45, 2.75) is 123 Å². The highest BCUT2D eigenvalue weighted by molar-refractivity contribution is 7.09. The fourth-order valence-electron chi connectivity index (χ4n) is 4.06. The van der Waals surface area contributed by atoms with Crippen LogP contribution >= 0.6 is 11.1 Å². The first kappa shape index (κ1) is 34.5. The van der Waals surface area contributed by atoms with Gasteiger partial charge in [0.25, 0.3) is 0 Å². The van der Waals surface area contributed by atoms with Crippen LogP contribution < -0.4 is 0 Å². The monoisotopic (exact) mass is 496 g/mol. The molecule has 0 rings (SSSR count). The van der Waals surface area contributed by atoms with E-state index in [2.05, 4.69) is 27.9 Å². The molecule has 0 aliphatic heterocycles. The summed E-state index contributed by atoms with van der Waals surface area (Å²) in [6.45, 7) is 7.30. The average molecular weight is 497 g/mol. The van der Waals surface area contributed by atoms with Crippen molar-refractivity contribution >= 4 is 19.2 Å². The summed E-state index contributed by atoms with van der Waals surface area (Å²) < 4.78 is 15.3. The first-order chi connectivity index (χ1) is 15.3. The van der Waals surface area contributed by atoms with E-state index >= 15 is 0 Å². The van der Waals surface area contributed by atoms with Gasteiger partial charge in [0.05, 0.1) is 27.2 Å². The van der Waals surface area contributed by atoms with E-state index in [1.54, 1.807) is 0 Å². The van der Waals surface area contributed by atoms with E-state index in [0.717, 1.165) is 0 Å². The Labute approximate surface area is 208 Å². The van der Waals surface area contributed by atoms with Crippen molar-refractivity contribution in [2.24, 2.45) is 0 Å². The summed E-state index contributed by atoms with van der Waals surface area (Å²) >= 11 is 5.56. The molecule has 6 heteroatoms. The molecular weight excluding hydrogens is 438 g/mol. The van der Waals surface area contributed by atoms with Crippen molar-refractivity contribution in [3.8, 4) is 0 Å². The quantitative estimate of drug-likeness (QED) is 0.0652. The second-order valence-electron chi connectivity index (χ2n) is 9.78. The first-order valence-corrected chi connectivity index (χ1v) is 16.2. The number of quaternary nitrogens is 1. The van der Waals surface area contributed by atoms with E-state index in [1.807, 2.05) is 0 Å². The number of rotatable bonds is 22. The maximum Gasteiger partial charge on any atom is 0.612 e. The first-order valence-electron chi connectivity index (χ1n) is 13.5. The minimum Gasteiger partial charge on any atom is -0.365 e. The van der Waals surface area contributed by atoms with Crippen molar-refractivity contribution in [1.82, 2.24) is 0 Å². The van der Waals surface area contributed by atoms with Gasteiger partial charge in [0, 0.05) is 21.3 Å². The summed E-state index contributed by atoms with van der Waals surface area (Å²) in [6, 6.07) is 0. The fraction of sp³-hybridized carbons (Fsp3) is 1.00. The van der Waals surface area contributed by atoms with Gasteiger partial charge in [-0.1, -0.05) is 115 Å². The van der Waals surface area contributed by atoms with Gasteiger partial charge in [-0.05, 0) is 19.3 Å². The molecule has 0 aromatic heterocycles. The summed E-state index contributed by atoms with van der Waals surface area (Å²) in [5, 5.41) is 0. The van der Waals surface area contributed by atoms with Crippen LogP contribution in [0, 0.1) is 0 Å². The third kappa shape index (κ3) is 25.0. The second kappa shape index (κ2) is 24.5. The van der Waals surface area contributed by atoms with Crippen LogP contribution in [0.15, 0.2) is 0 Å². The molecule has 0 aliphatic carbocycles. The Bertz CT molecular complexity index is 361. The third-order valence-corrected chi connectivity index (χ3v) is 9.03. The zero-order valence-electron chi connectivity index (χ0n) is 23.0. The molecule has 0 heterocycles. The van der Waals surface area contributed by atoms with Gasteiger partial charge in [-0.2, -0.15) is 0 Å². The SMILES string of the molecule is CCCCCCCCCCCCCCCCCC[N+](C)(C)CCC.CO[Si](Cl)(OC)OC. The van der Waals surface area contributed by atoms with E-state index in [0.29, 0.717) is 0 Å². The Morgan fingerprint density at radius 2 is 0.812 bits per heavy atom. The van der Waals surface area contributed by atoms with Crippen molar-refractivity contribution in [1.29, 1.82) is 0 Å². The van der Waals surface area contributed by atoms with Crippen LogP contribution in [0.5, 0.6) is 0 Å². The van der Waals surface area contributed by atoms with Gasteiger partial charge in [-0.15, -0.1) is 0 Å². The number of nitrogens with zero attached hydrogens (tertiary/aromatic N) is 1. The lowest BCUT2D eigenvalue weighted by molar-refractivity contribution is -0.890. The van der Waals surface area contributed by atoms with E-state index in [1.165, 1.54) is 148 Å². The van der Waals surface area contributed by atoms with Gasteiger partial charge in [-0.25, -0.2) is 0 Å². The van der Waals surface area contributed by atoms with Crippen LogP contribution in [0.2, 0.25) is 0 Å². The molecule has 0 bridgehead atoms. The molecule has 0 aromatic carbocycles. The van der Waals surface area contributed by atoms with Crippen LogP contribution in [-0.2, 0) is 13.3 Å². The molecule has 4 nitrogen and oxygen atoms in total. The van der Waals surface area contributed by atoms with E-state index in [4.69, 9.17) is 24.4 Å². The largest absolute Gasteiger partial charge is 0.612 e. The Kier molecular flexibility index (Phi) is 26.4. The summed E-state index contributed by atoms with van der Waals surface area (Å²) in [5.41, 5.74) is 0. The summed E-state index contributed by atoms with van der Waals surface area (Å²) in [4.78, 5) is 0. The average Bonchev–Trinajstić information content (AvgIpc) is 2.78. The molecule has 0 spiro atoms. The maximum atomic E-state index is 5.56. The second-order valence-corrected chi connectivity index (χ2v) is 13.4. The van der Waals surface area contributed by atoms with Gasteiger partial charge >= 0.3 is 8.11 Å². The fourth-order valence-corrected chi connectivity index (χ4v) is 4.56. The molecule has 0 saturated carbocycles. The summed E-state index contributed by atoms with van der Waals surface area (Å²) in [6.07, 6.45) is 24.7. The van der Waals surface area contributed by atoms with Crippen molar-refractivity contribution in [3.63, 3.8) is 0 Å². The smallest absolute Gasteiger partial charge is 0.365 e. The molecule has 32 heavy (non-hydrogen) atoms. The minimum absolute atomic E-state index is 1.22. The third-order valence-electron chi connectivity index (χ3n) is 6.18. The lowest BCUT2D eigenvalue weighted by atomic mass is 10.0. The standard InChI is InChI=1S/C23H50N.C3H9ClO3Si/c1-5-7-8-9-10-11-12-13-14-15-16-17-18-19-20-21-23-24(3,4)22-6-2;1-5-8(4,6-2)7-3/h5-23H2,1-4H3;1-3H3/q+1;. The highest BCUT2D eigenvalue weighted by Crippen LogP contribution is 2.14. The molecule has 0 aliphatic rings. The maximum absolute atomic E-state index is 5.56. The Balaban J connectivity index is 0. The zero-order valence-corrected chi connectivity index (χ0v) is 24.7. The molecule has 0 atom stereocenters. The number of hydrogen-bond donors (Lipinski definition) is 0. The van der Waals surface area contributed by atoms with Crippen molar-refractivity contribution in [3.05, 3.63) is 0 Å². The minimum atomic E-state index is -2.70. The number of halogens is 1. The number of unbranched alkanes of at least 4 members (excludes halogenated alkanes) is 15. The van der Waals surface area contributed by atoms with Gasteiger partial charge in [0.2, 0.25) is 0 Å². The van der Waals surface area contributed by atoms with Gasteiger partial charge in [0.15, 0.2) is 0 Å². The van der Waals surface area contributed by atoms with E-state index < -0.39 is 8.11 Å². The zero-order chi connectivity index (χ0) is 24.6. The van der Waals surface area contributed by atoms with Crippen LogP contribution in [-0.4, -0.2) is 61.1 Å².